The van der Waals surface area contributed by atoms with Crippen LogP contribution in [-0.2, 0) is 12.2 Å². The molecule has 0 saturated heterocycles. The van der Waals surface area contributed by atoms with Gasteiger partial charge in [0.05, 0.1) is 5.75 Å². The number of nitrogens with zero attached hydrogens (tertiary/aromatic N) is 2. The van der Waals surface area contributed by atoms with E-state index in [1.54, 1.807) is 11.8 Å². The van der Waals surface area contributed by atoms with Crippen LogP contribution in [-0.4, -0.2) is 10.1 Å². The van der Waals surface area contributed by atoms with Gasteiger partial charge < -0.3 is 10.3 Å². The summed E-state index contributed by atoms with van der Waals surface area (Å²) in [5.74, 6) is 2.19. The maximum Gasteiger partial charge on any atom is 0.226 e. The van der Waals surface area contributed by atoms with Gasteiger partial charge in [0.1, 0.15) is 0 Å². The third kappa shape index (κ3) is 3.26. The zero-order valence-corrected chi connectivity index (χ0v) is 11.5. The lowest BCUT2D eigenvalue weighted by molar-refractivity contribution is 0.373. The first kappa shape index (κ1) is 13.0. The fraction of sp³-hybridized carbons (Fsp3) is 0.385. The molecule has 1 heterocycles. The summed E-state index contributed by atoms with van der Waals surface area (Å²) in [6, 6.07) is 5.91. The topological polar surface area (TPSA) is 64.9 Å². The van der Waals surface area contributed by atoms with Crippen LogP contribution < -0.4 is 5.73 Å². The van der Waals surface area contributed by atoms with Crippen molar-refractivity contribution < 1.29 is 4.52 Å². The lowest BCUT2D eigenvalue weighted by atomic mass is 10.2. The van der Waals surface area contributed by atoms with Gasteiger partial charge in [0.25, 0.3) is 0 Å². The van der Waals surface area contributed by atoms with Gasteiger partial charge in [-0.2, -0.15) is 4.98 Å². The van der Waals surface area contributed by atoms with Gasteiger partial charge in [0.2, 0.25) is 5.89 Å². The van der Waals surface area contributed by atoms with Crippen molar-refractivity contribution in [1.82, 2.24) is 10.1 Å². The third-order valence-electron chi connectivity index (χ3n) is 2.53. The molecule has 18 heavy (non-hydrogen) atoms. The van der Waals surface area contributed by atoms with Gasteiger partial charge in [-0.25, -0.2) is 0 Å². The number of thioether (sulfide) groups is 1. The van der Waals surface area contributed by atoms with Crippen molar-refractivity contribution in [3.8, 4) is 0 Å². The second kappa shape index (κ2) is 5.91. The Kier molecular flexibility index (Phi) is 4.25. The molecular weight excluding hydrogens is 246 g/mol. The van der Waals surface area contributed by atoms with E-state index in [9.17, 15) is 0 Å². The van der Waals surface area contributed by atoms with Gasteiger partial charge in [-0.05, 0) is 37.1 Å². The van der Waals surface area contributed by atoms with Crippen molar-refractivity contribution in [2.75, 3.05) is 5.73 Å². The van der Waals surface area contributed by atoms with E-state index in [0.717, 1.165) is 36.0 Å². The molecule has 1 aromatic heterocycles. The first-order chi connectivity index (χ1) is 8.69. The zero-order valence-electron chi connectivity index (χ0n) is 10.6. The fourth-order valence-electron chi connectivity index (χ4n) is 1.64. The number of rotatable bonds is 5. The number of nitrogen functional groups attached to an aromatic ring is 1. The van der Waals surface area contributed by atoms with Crippen molar-refractivity contribution in [2.24, 2.45) is 0 Å². The molecule has 2 aromatic rings. The molecule has 1 aromatic carbocycles. The molecular formula is C13H17N3OS. The smallest absolute Gasteiger partial charge is 0.226 e. The van der Waals surface area contributed by atoms with Crippen molar-refractivity contribution in [1.29, 1.82) is 0 Å². The molecule has 0 amide bonds. The number of benzene rings is 1. The largest absolute Gasteiger partial charge is 0.399 e. The number of anilines is 1. The van der Waals surface area contributed by atoms with E-state index >= 15 is 0 Å². The highest BCUT2D eigenvalue weighted by Gasteiger charge is 2.07. The standard InChI is InChI=1S/C13H17N3OS/c1-3-4-13-15-12(16-17-13)8-18-11-6-5-10(14)7-9(11)2/h5-7H,3-4,8,14H2,1-2H3. The highest BCUT2D eigenvalue weighted by atomic mass is 32.2. The minimum atomic E-state index is 0.720. The van der Waals surface area contributed by atoms with Crippen LogP contribution in [0.2, 0.25) is 0 Å². The molecule has 0 fully saturated rings. The Morgan fingerprint density at radius 1 is 1.39 bits per heavy atom. The summed E-state index contributed by atoms with van der Waals surface area (Å²) in [7, 11) is 0. The van der Waals surface area contributed by atoms with Gasteiger partial charge >= 0.3 is 0 Å². The SMILES string of the molecule is CCCc1nc(CSc2ccc(N)cc2C)no1. The van der Waals surface area contributed by atoms with E-state index in [1.165, 1.54) is 10.5 Å². The van der Waals surface area contributed by atoms with E-state index in [4.69, 9.17) is 10.3 Å². The van der Waals surface area contributed by atoms with Crippen LogP contribution in [0.4, 0.5) is 5.69 Å². The number of hydrogen-bond donors (Lipinski definition) is 1. The second-order valence-corrected chi connectivity index (χ2v) is 5.19. The molecule has 5 heteroatoms. The predicted octanol–water partition coefficient (Wildman–Crippen LogP) is 3.21. The van der Waals surface area contributed by atoms with Crippen LogP contribution in [0.25, 0.3) is 0 Å². The summed E-state index contributed by atoms with van der Waals surface area (Å²) in [6.07, 6.45) is 1.87. The van der Waals surface area contributed by atoms with E-state index in [2.05, 4.69) is 24.0 Å². The second-order valence-electron chi connectivity index (χ2n) is 4.17. The van der Waals surface area contributed by atoms with Gasteiger partial charge in [0.15, 0.2) is 5.82 Å². The number of hydrogen-bond acceptors (Lipinski definition) is 5. The summed E-state index contributed by atoms with van der Waals surface area (Å²) < 4.78 is 5.15. The van der Waals surface area contributed by atoms with Crippen LogP contribution in [0, 0.1) is 6.92 Å². The average Bonchev–Trinajstić information content (AvgIpc) is 2.76. The van der Waals surface area contributed by atoms with Crippen molar-refractivity contribution in [3.05, 3.63) is 35.5 Å². The van der Waals surface area contributed by atoms with Crippen LogP contribution >= 0.6 is 11.8 Å². The average molecular weight is 263 g/mol. The summed E-state index contributed by atoms with van der Waals surface area (Å²) in [4.78, 5) is 5.54. The predicted molar refractivity (Wildman–Crippen MR) is 73.4 cm³/mol. The highest BCUT2D eigenvalue weighted by molar-refractivity contribution is 7.98. The van der Waals surface area contributed by atoms with E-state index in [0.29, 0.717) is 0 Å². The Bertz CT molecular complexity index is 525. The number of aromatic nitrogens is 2. The molecule has 0 bridgehead atoms. The summed E-state index contributed by atoms with van der Waals surface area (Å²) in [6.45, 7) is 4.15. The van der Waals surface area contributed by atoms with Gasteiger partial charge in [0, 0.05) is 17.0 Å². The van der Waals surface area contributed by atoms with Crippen molar-refractivity contribution in [3.63, 3.8) is 0 Å². The van der Waals surface area contributed by atoms with Crippen LogP contribution in [0.1, 0.15) is 30.6 Å². The van der Waals surface area contributed by atoms with Crippen LogP contribution in [0.15, 0.2) is 27.6 Å². The monoisotopic (exact) mass is 263 g/mol. The maximum atomic E-state index is 5.72. The van der Waals surface area contributed by atoms with Crippen LogP contribution in [0.5, 0.6) is 0 Å². The Labute approximate surface area is 111 Å². The molecule has 0 aliphatic carbocycles. The summed E-state index contributed by atoms with van der Waals surface area (Å²) >= 11 is 1.70. The van der Waals surface area contributed by atoms with Gasteiger partial charge in [-0.1, -0.05) is 12.1 Å². The molecule has 0 atom stereocenters. The van der Waals surface area contributed by atoms with Crippen LogP contribution in [0.3, 0.4) is 0 Å². The molecule has 4 nitrogen and oxygen atoms in total. The van der Waals surface area contributed by atoms with E-state index in [-0.39, 0.29) is 0 Å². The van der Waals surface area contributed by atoms with Gasteiger partial charge in [-0.3, -0.25) is 0 Å². The maximum absolute atomic E-state index is 5.72. The number of aryl methyl sites for hydroxylation is 2. The quantitative estimate of drug-likeness (QED) is 0.663. The zero-order chi connectivity index (χ0) is 13.0. The fourth-order valence-corrected chi connectivity index (χ4v) is 2.49. The lowest BCUT2D eigenvalue weighted by Gasteiger charge is -2.04. The summed E-state index contributed by atoms with van der Waals surface area (Å²) in [5, 5.41) is 3.97. The summed E-state index contributed by atoms with van der Waals surface area (Å²) in [5.41, 5.74) is 7.69. The molecule has 96 valence electrons. The van der Waals surface area contributed by atoms with Crippen molar-refractivity contribution >= 4 is 17.4 Å². The molecule has 0 unspecified atom stereocenters. The van der Waals surface area contributed by atoms with E-state index in [1.807, 2.05) is 18.2 Å². The first-order valence-electron chi connectivity index (χ1n) is 5.99. The van der Waals surface area contributed by atoms with E-state index < -0.39 is 0 Å². The normalized spacial score (nSPS) is 10.8. The third-order valence-corrected chi connectivity index (χ3v) is 3.70. The first-order valence-corrected chi connectivity index (χ1v) is 6.98. The Morgan fingerprint density at radius 2 is 2.22 bits per heavy atom. The Morgan fingerprint density at radius 3 is 2.94 bits per heavy atom. The molecule has 0 aliphatic heterocycles. The molecule has 2 rings (SSSR count). The number of nitrogens with two attached hydrogens (primary N) is 1. The Balaban J connectivity index is 1.97. The lowest BCUT2D eigenvalue weighted by Crippen LogP contribution is -1.89. The molecule has 0 saturated carbocycles. The highest BCUT2D eigenvalue weighted by Crippen LogP contribution is 2.26. The minimum absolute atomic E-state index is 0.720. The molecule has 0 aliphatic rings. The molecule has 0 radical (unpaired) electrons. The Hall–Kier alpha value is -1.49. The molecule has 0 spiro atoms. The molecule has 2 N–H and O–H groups in total. The minimum Gasteiger partial charge on any atom is -0.399 e. The van der Waals surface area contributed by atoms with Crippen molar-refractivity contribution in [2.45, 2.75) is 37.3 Å². The van der Waals surface area contributed by atoms with Gasteiger partial charge in [-0.15, -0.1) is 11.8 Å².